The summed E-state index contributed by atoms with van der Waals surface area (Å²) < 4.78 is 9.12. The molecule has 0 amide bonds. The fraction of sp³-hybridized carbons (Fsp3) is 0.381. The average Bonchev–Trinajstić information content (AvgIpc) is 3.47. The molecule has 5 heterocycles. The van der Waals surface area contributed by atoms with Crippen LogP contribution in [-0.2, 0) is 17.8 Å². The SMILES string of the molecule is CC1(C)Cc2c(sc3c2C2NCNN2c2nnc(SCC(=O)c4ccc(Br)cc4)n2-3)CO1. The monoisotopic (exact) mass is 532 g/mol. The van der Waals surface area contributed by atoms with E-state index in [1.54, 1.807) is 11.3 Å². The Hall–Kier alpha value is -1.76. The van der Waals surface area contributed by atoms with Crippen molar-refractivity contribution in [2.45, 2.75) is 43.8 Å². The van der Waals surface area contributed by atoms with Gasteiger partial charge in [-0.25, -0.2) is 9.99 Å². The van der Waals surface area contributed by atoms with E-state index in [1.807, 2.05) is 29.3 Å². The predicted molar refractivity (Wildman–Crippen MR) is 127 cm³/mol. The summed E-state index contributed by atoms with van der Waals surface area (Å²) in [6.07, 6.45) is 0.875. The molecule has 1 aromatic carbocycles. The molecule has 2 aromatic heterocycles. The summed E-state index contributed by atoms with van der Waals surface area (Å²) in [6.45, 7) is 5.55. The van der Waals surface area contributed by atoms with Gasteiger partial charge in [0.15, 0.2) is 10.9 Å². The number of rotatable bonds is 4. The highest BCUT2D eigenvalue weighted by atomic mass is 79.9. The number of aromatic nitrogens is 3. The van der Waals surface area contributed by atoms with Crippen LogP contribution in [0.2, 0.25) is 0 Å². The van der Waals surface area contributed by atoms with Crippen molar-refractivity contribution >= 4 is 50.8 Å². The average molecular weight is 533 g/mol. The molecular formula is C21H21BrN6O2S2. The Kier molecular flexibility index (Phi) is 4.97. The molecule has 8 nitrogen and oxygen atoms in total. The van der Waals surface area contributed by atoms with Crippen molar-refractivity contribution in [1.82, 2.24) is 25.5 Å². The Bertz CT molecular complexity index is 1220. The topological polar surface area (TPSA) is 84.3 Å². The molecule has 3 aliphatic heterocycles. The number of thioether (sulfide) groups is 1. The number of ether oxygens (including phenoxy) is 1. The number of Topliss-reactive ketones (excluding diaryl/α,β-unsaturated/α-hetero) is 1. The van der Waals surface area contributed by atoms with E-state index in [-0.39, 0.29) is 17.6 Å². The lowest BCUT2D eigenvalue weighted by atomic mass is 9.92. The highest BCUT2D eigenvalue weighted by Crippen LogP contribution is 2.48. The zero-order valence-electron chi connectivity index (χ0n) is 17.5. The van der Waals surface area contributed by atoms with Gasteiger partial charge < -0.3 is 4.74 Å². The van der Waals surface area contributed by atoms with E-state index in [0.29, 0.717) is 24.6 Å². The Morgan fingerprint density at radius 3 is 2.97 bits per heavy atom. The smallest absolute Gasteiger partial charge is 0.249 e. The summed E-state index contributed by atoms with van der Waals surface area (Å²) in [4.78, 5) is 14.0. The van der Waals surface area contributed by atoms with Gasteiger partial charge in [0.2, 0.25) is 5.95 Å². The third-order valence-electron chi connectivity index (χ3n) is 5.92. The summed E-state index contributed by atoms with van der Waals surface area (Å²) in [6, 6.07) is 7.44. The minimum Gasteiger partial charge on any atom is -0.370 e. The summed E-state index contributed by atoms with van der Waals surface area (Å²) in [5, 5.41) is 16.3. The zero-order chi connectivity index (χ0) is 22.0. The minimum atomic E-state index is -0.194. The van der Waals surface area contributed by atoms with Crippen LogP contribution in [0.1, 0.15) is 46.4 Å². The fourth-order valence-corrected chi connectivity index (χ4v) is 6.79. The van der Waals surface area contributed by atoms with E-state index in [0.717, 1.165) is 27.0 Å². The lowest BCUT2D eigenvalue weighted by molar-refractivity contribution is -0.0385. The molecule has 1 atom stereocenters. The molecule has 6 rings (SSSR count). The van der Waals surface area contributed by atoms with Gasteiger partial charge >= 0.3 is 0 Å². The van der Waals surface area contributed by atoms with Crippen molar-refractivity contribution in [2.75, 3.05) is 17.4 Å². The molecule has 0 bridgehead atoms. The van der Waals surface area contributed by atoms with Crippen LogP contribution in [0.5, 0.6) is 0 Å². The number of hydrogen-bond acceptors (Lipinski definition) is 9. The molecule has 0 aliphatic carbocycles. The molecule has 1 unspecified atom stereocenters. The molecule has 3 aliphatic rings. The minimum absolute atomic E-state index is 0.0119. The standard InChI is InChI=1S/C21H21BrN6O2S2/c1-21(2)7-13-15(8-30-21)32-18-16(13)17-23-10-24-28(17)19-25-26-20(27(18)19)31-9-14(29)11-3-5-12(22)6-4-11/h3-6,17,23-24H,7-10H2,1-2H3. The number of nitrogens with zero attached hydrogens (tertiary/aromatic N) is 4. The molecule has 11 heteroatoms. The predicted octanol–water partition coefficient (Wildman–Crippen LogP) is 3.80. The summed E-state index contributed by atoms with van der Waals surface area (Å²) >= 11 is 6.58. The van der Waals surface area contributed by atoms with Crippen molar-refractivity contribution in [3.63, 3.8) is 0 Å². The van der Waals surface area contributed by atoms with Gasteiger partial charge in [-0.2, -0.15) is 0 Å². The van der Waals surface area contributed by atoms with Crippen LogP contribution >= 0.6 is 39.0 Å². The maximum Gasteiger partial charge on any atom is 0.249 e. The van der Waals surface area contributed by atoms with E-state index >= 15 is 0 Å². The van der Waals surface area contributed by atoms with Gasteiger partial charge in [-0.1, -0.05) is 39.8 Å². The fourth-order valence-electron chi connectivity index (χ4n) is 4.37. The number of ketones is 1. The molecule has 2 N–H and O–H groups in total. The van der Waals surface area contributed by atoms with Crippen LogP contribution in [0.4, 0.5) is 5.95 Å². The maximum absolute atomic E-state index is 12.7. The van der Waals surface area contributed by atoms with E-state index in [1.165, 1.54) is 27.8 Å². The van der Waals surface area contributed by atoms with E-state index < -0.39 is 0 Å². The van der Waals surface area contributed by atoms with Crippen molar-refractivity contribution in [3.05, 3.63) is 50.3 Å². The lowest BCUT2D eigenvalue weighted by Gasteiger charge is -2.34. The van der Waals surface area contributed by atoms with Gasteiger partial charge in [-0.05, 0) is 31.5 Å². The molecule has 166 valence electrons. The van der Waals surface area contributed by atoms with Crippen LogP contribution in [0, 0.1) is 0 Å². The summed E-state index contributed by atoms with van der Waals surface area (Å²) in [7, 11) is 0. The van der Waals surface area contributed by atoms with Crippen molar-refractivity contribution in [2.24, 2.45) is 0 Å². The van der Waals surface area contributed by atoms with Gasteiger partial charge in [0.1, 0.15) is 11.2 Å². The van der Waals surface area contributed by atoms with E-state index in [4.69, 9.17) is 4.74 Å². The number of carbonyl (C=O) groups excluding carboxylic acids is 1. The Labute approximate surface area is 201 Å². The van der Waals surface area contributed by atoms with Crippen molar-refractivity contribution < 1.29 is 9.53 Å². The normalized spacial score (nSPS) is 20.5. The number of halogens is 1. The van der Waals surface area contributed by atoms with Gasteiger partial charge in [0.25, 0.3) is 0 Å². The number of fused-ring (bicyclic) bond motifs is 8. The highest BCUT2D eigenvalue weighted by Gasteiger charge is 2.43. The van der Waals surface area contributed by atoms with Crippen LogP contribution in [0.15, 0.2) is 33.9 Å². The second-order valence-electron chi connectivity index (χ2n) is 8.60. The number of thiophene rings is 1. The molecule has 1 fully saturated rings. The Morgan fingerprint density at radius 2 is 2.16 bits per heavy atom. The number of hydrogen-bond donors (Lipinski definition) is 2. The first-order valence-corrected chi connectivity index (χ1v) is 12.9. The first-order valence-electron chi connectivity index (χ1n) is 10.3. The quantitative estimate of drug-likeness (QED) is 0.387. The first kappa shape index (κ1) is 20.8. The lowest BCUT2D eigenvalue weighted by Crippen LogP contribution is -2.40. The van der Waals surface area contributed by atoms with Crippen molar-refractivity contribution in [1.29, 1.82) is 0 Å². The molecule has 0 saturated carbocycles. The van der Waals surface area contributed by atoms with Crippen molar-refractivity contribution in [3.8, 4) is 5.00 Å². The first-order chi connectivity index (χ1) is 15.4. The second kappa shape index (κ2) is 7.64. The third kappa shape index (κ3) is 3.34. The van der Waals surface area contributed by atoms with Crippen LogP contribution in [0.3, 0.4) is 0 Å². The van der Waals surface area contributed by atoms with Crippen LogP contribution < -0.4 is 15.8 Å². The van der Waals surface area contributed by atoms with Gasteiger partial charge in [0, 0.05) is 26.9 Å². The zero-order valence-corrected chi connectivity index (χ0v) is 20.7. The Morgan fingerprint density at radius 1 is 1.34 bits per heavy atom. The van der Waals surface area contributed by atoms with Crippen LogP contribution in [0.25, 0.3) is 5.00 Å². The third-order valence-corrected chi connectivity index (χ3v) is 8.58. The number of anilines is 1. The van der Waals surface area contributed by atoms with Crippen LogP contribution in [-0.4, -0.2) is 38.6 Å². The summed E-state index contributed by atoms with van der Waals surface area (Å²) in [5.41, 5.74) is 6.49. The van der Waals surface area contributed by atoms with Gasteiger partial charge in [-0.3, -0.25) is 15.1 Å². The van der Waals surface area contributed by atoms with E-state index in [2.05, 4.69) is 55.3 Å². The second-order valence-corrected chi connectivity index (χ2v) is 11.5. The van der Waals surface area contributed by atoms with Gasteiger partial charge in [0.05, 0.1) is 24.6 Å². The maximum atomic E-state index is 12.7. The largest absolute Gasteiger partial charge is 0.370 e. The number of hydrazine groups is 1. The highest BCUT2D eigenvalue weighted by molar-refractivity contribution is 9.10. The molecule has 0 spiro atoms. The molecule has 3 aromatic rings. The number of benzene rings is 1. The molecule has 0 radical (unpaired) electrons. The molecule has 32 heavy (non-hydrogen) atoms. The number of carbonyl (C=O) groups is 1. The van der Waals surface area contributed by atoms with Gasteiger partial charge in [-0.15, -0.1) is 21.5 Å². The number of nitrogens with one attached hydrogen (secondary N) is 2. The summed E-state index contributed by atoms with van der Waals surface area (Å²) in [5.74, 6) is 1.10. The molecule has 1 saturated heterocycles. The van der Waals surface area contributed by atoms with E-state index in [9.17, 15) is 4.79 Å². The molecular weight excluding hydrogens is 512 g/mol. The Balaban J connectivity index is 1.36.